The van der Waals surface area contributed by atoms with Crippen LogP contribution in [0.25, 0.3) is 27.8 Å². The number of hydrogen-bond donors (Lipinski definition) is 1. The van der Waals surface area contributed by atoms with Crippen LogP contribution in [0, 0.1) is 0 Å². The van der Waals surface area contributed by atoms with Gasteiger partial charge in [-0.15, -0.1) is 0 Å². The van der Waals surface area contributed by atoms with Crippen molar-refractivity contribution in [2.24, 2.45) is 12.2 Å². The summed E-state index contributed by atoms with van der Waals surface area (Å²) in [6.07, 6.45) is -2.97. The van der Waals surface area contributed by atoms with Crippen molar-refractivity contribution < 1.29 is 21.6 Å². The maximum Gasteiger partial charge on any atom is 0.435 e. The Morgan fingerprint density at radius 2 is 1.80 bits per heavy atom. The van der Waals surface area contributed by atoms with Gasteiger partial charge in [-0.2, -0.15) is 18.3 Å². The van der Waals surface area contributed by atoms with Crippen LogP contribution in [0.5, 0.6) is 0 Å². The molecule has 0 aliphatic rings. The van der Waals surface area contributed by atoms with E-state index in [9.17, 15) is 21.6 Å². The summed E-state index contributed by atoms with van der Waals surface area (Å²) in [6, 6.07) is 11.2. The zero-order valence-electron chi connectivity index (χ0n) is 15.4. The number of aryl methyl sites for hydroxylation is 1. The summed E-state index contributed by atoms with van der Waals surface area (Å²) in [4.78, 5) is -0.352. The van der Waals surface area contributed by atoms with Gasteiger partial charge >= 0.3 is 6.18 Å². The molecule has 2 aromatic heterocycles. The first-order valence-corrected chi connectivity index (χ1v) is 10.4. The van der Waals surface area contributed by atoms with E-state index in [4.69, 9.17) is 16.7 Å². The predicted molar refractivity (Wildman–Crippen MR) is 107 cm³/mol. The summed E-state index contributed by atoms with van der Waals surface area (Å²) < 4.78 is 67.0. The topological polar surface area (TPSA) is 82.9 Å². The summed E-state index contributed by atoms with van der Waals surface area (Å²) in [5.41, 5.74) is -0.203. The molecular formula is C19H14ClF3N4O2S. The highest BCUT2D eigenvalue weighted by atomic mass is 35.5. The Morgan fingerprint density at radius 1 is 1.10 bits per heavy atom. The van der Waals surface area contributed by atoms with Gasteiger partial charge in [0, 0.05) is 24.2 Å². The standard InChI is InChI=1S/C19H14ClF3N4O2S/c1-26-7-6-11-8-12(9-13(20)18(11)26)15-10-17(19(21,22)23)25-27(15)14-4-2-3-5-16(14)30(24,28)29/h2-10H,1H3,(H2,24,28,29). The SMILES string of the molecule is Cn1ccc2cc(-c3cc(C(F)(F)F)nn3-c3ccccc3S(N)(=O)=O)cc(Cl)c21. The summed E-state index contributed by atoms with van der Waals surface area (Å²) in [5.74, 6) is 0. The molecule has 0 aliphatic heterocycles. The normalized spacial score (nSPS) is 12.6. The number of alkyl halides is 3. The zero-order valence-corrected chi connectivity index (χ0v) is 16.9. The second-order valence-corrected chi connectivity index (χ2v) is 8.60. The van der Waals surface area contributed by atoms with Gasteiger partial charge in [0.05, 0.1) is 21.9 Å². The molecular weight excluding hydrogens is 441 g/mol. The van der Waals surface area contributed by atoms with Crippen molar-refractivity contribution >= 4 is 32.5 Å². The van der Waals surface area contributed by atoms with Gasteiger partial charge < -0.3 is 4.57 Å². The molecule has 0 atom stereocenters. The molecule has 0 bridgehead atoms. The molecule has 4 aromatic rings. The molecule has 0 fully saturated rings. The van der Waals surface area contributed by atoms with Crippen LogP contribution in [0.4, 0.5) is 13.2 Å². The molecule has 4 rings (SSSR count). The molecule has 0 saturated heterocycles. The van der Waals surface area contributed by atoms with Crippen molar-refractivity contribution in [3.05, 3.63) is 65.4 Å². The van der Waals surface area contributed by atoms with E-state index in [1.54, 1.807) is 29.9 Å². The lowest BCUT2D eigenvalue weighted by molar-refractivity contribution is -0.141. The highest BCUT2D eigenvalue weighted by molar-refractivity contribution is 7.89. The molecule has 2 aromatic carbocycles. The van der Waals surface area contributed by atoms with Gasteiger partial charge in [-0.25, -0.2) is 18.2 Å². The number of primary sulfonamides is 1. The number of rotatable bonds is 3. The molecule has 156 valence electrons. The predicted octanol–water partition coefficient (Wildman–Crippen LogP) is 4.35. The average molecular weight is 455 g/mol. The maximum atomic E-state index is 13.4. The van der Waals surface area contributed by atoms with E-state index in [1.807, 2.05) is 0 Å². The first kappa shape index (κ1) is 20.5. The number of aromatic nitrogens is 3. The zero-order chi connectivity index (χ0) is 21.8. The Morgan fingerprint density at radius 3 is 2.47 bits per heavy atom. The summed E-state index contributed by atoms with van der Waals surface area (Å²) in [7, 11) is -2.42. The summed E-state index contributed by atoms with van der Waals surface area (Å²) in [6.45, 7) is 0. The van der Waals surface area contributed by atoms with E-state index in [0.717, 1.165) is 10.7 Å². The Kier molecular flexibility index (Phi) is 4.68. The minimum atomic E-state index is -4.74. The number of sulfonamides is 1. The molecule has 0 saturated carbocycles. The largest absolute Gasteiger partial charge is 0.435 e. The van der Waals surface area contributed by atoms with E-state index < -0.39 is 21.9 Å². The Bertz CT molecular complexity index is 1390. The molecule has 0 radical (unpaired) electrons. The third kappa shape index (κ3) is 3.47. The minimum absolute atomic E-state index is 0.0195. The van der Waals surface area contributed by atoms with Gasteiger partial charge in [0.25, 0.3) is 0 Å². The number of halogens is 4. The Labute approximate surface area is 174 Å². The molecule has 0 unspecified atom stereocenters. The monoisotopic (exact) mass is 454 g/mol. The van der Waals surface area contributed by atoms with E-state index in [-0.39, 0.29) is 16.3 Å². The molecule has 0 aliphatic carbocycles. The lowest BCUT2D eigenvalue weighted by Crippen LogP contribution is -2.16. The number of hydrogen-bond acceptors (Lipinski definition) is 3. The lowest BCUT2D eigenvalue weighted by atomic mass is 10.1. The van der Waals surface area contributed by atoms with Gasteiger partial charge in [0.15, 0.2) is 5.69 Å². The summed E-state index contributed by atoms with van der Waals surface area (Å²) >= 11 is 6.37. The van der Waals surface area contributed by atoms with Crippen LogP contribution >= 0.6 is 11.6 Å². The average Bonchev–Trinajstić information content (AvgIpc) is 3.25. The van der Waals surface area contributed by atoms with Gasteiger partial charge in [-0.3, -0.25) is 0 Å². The van der Waals surface area contributed by atoms with Crippen molar-refractivity contribution in [1.29, 1.82) is 0 Å². The lowest BCUT2D eigenvalue weighted by Gasteiger charge is -2.12. The van der Waals surface area contributed by atoms with Crippen LogP contribution in [0.15, 0.2) is 59.6 Å². The van der Waals surface area contributed by atoms with Crippen molar-refractivity contribution in [2.45, 2.75) is 11.1 Å². The highest BCUT2D eigenvalue weighted by Gasteiger charge is 2.36. The van der Waals surface area contributed by atoms with Crippen LogP contribution < -0.4 is 5.14 Å². The fraction of sp³-hybridized carbons (Fsp3) is 0.105. The second kappa shape index (κ2) is 6.86. The third-order valence-corrected chi connectivity index (χ3v) is 5.87. The molecule has 30 heavy (non-hydrogen) atoms. The fourth-order valence-corrected chi connectivity index (χ4v) is 4.39. The van der Waals surface area contributed by atoms with Crippen LogP contribution in [0.3, 0.4) is 0 Å². The van der Waals surface area contributed by atoms with Crippen LogP contribution in [0.2, 0.25) is 5.02 Å². The molecule has 0 amide bonds. The number of benzene rings is 2. The second-order valence-electron chi connectivity index (χ2n) is 6.66. The quantitative estimate of drug-likeness (QED) is 0.499. The Hall–Kier alpha value is -2.82. The van der Waals surface area contributed by atoms with Crippen molar-refractivity contribution in [3.63, 3.8) is 0 Å². The van der Waals surface area contributed by atoms with Gasteiger partial charge in [0.1, 0.15) is 4.90 Å². The van der Waals surface area contributed by atoms with Crippen LogP contribution in [-0.2, 0) is 23.2 Å². The van der Waals surface area contributed by atoms with E-state index >= 15 is 0 Å². The fourth-order valence-electron chi connectivity index (χ4n) is 3.32. The van der Waals surface area contributed by atoms with Crippen molar-refractivity contribution in [2.75, 3.05) is 0 Å². The number of nitrogens with two attached hydrogens (primary N) is 1. The van der Waals surface area contributed by atoms with Gasteiger partial charge in [-0.05, 0) is 36.4 Å². The summed E-state index contributed by atoms with van der Waals surface area (Å²) in [5, 5.41) is 9.94. The molecule has 2 N–H and O–H groups in total. The van der Waals surface area contributed by atoms with E-state index in [1.165, 1.54) is 30.3 Å². The van der Waals surface area contributed by atoms with Gasteiger partial charge in [-0.1, -0.05) is 23.7 Å². The maximum absolute atomic E-state index is 13.4. The highest BCUT2D eigenvalue weighted by Crippen LogP contribution is 2.37. The Balaban J connectivity index is 2.04. The molecule has 6 nitrogen and oxygen atoms in total. The first-order chi connectivity index (χ1) is 14.0. The van der Waals surface area contributed by atoms with Crippen LogP contribution in [0.1, 0.15) is 5.69 Å². The number of para-hydroxylation sites is 1. The van der Waals surface area contributed by atoms with E-state index in [2.05, 4.69) is 5.10 Å². The first-order valence-electron chi connectivity index (χ1n) is 8.51. The van der Waals surface area contributed by atoms with Crippen molar-refractivity contribution in [3.8, 4) is 16.9 Å². The van der Waals surface area contributed by atoms with Crippen molar-refractivity contribution in [1.82, 2.24) is 14.3 Å². The molecule has 11 heteroatoms. The number of nitrogens with zero attached hydrogens (tertiary/aromatic N) is 3. The molecule has 0 spiro atoms. The van der Waals surface area contributed by atoms with Crippen LogP contribution in [-0.4, -0.2) is 22.8 Å². The third-order valence-electron chi connectivity index (χ3n) is 4.62. The van der Waals surface area contributed by atoms with E-state index in [0.29, 0.717) is 21.5 Å². The minimum Gasteiger partial charge on any atom is -0.349 e. The van der Waals surface area contributed by atoms with Gasteiger partial charge in [0.2, 0.25) is 10.0 Å². The smallest absolute Gasteiger partial charge is 0.349 e. The number of fused-ring (bicyclic) bond motifs is 1. The molecule has 2 heterocycles.